The van der Waals surface area contributed by atoms with Crippen molar-refractivity contribution >= 4 is 5.91 Å². The van der Waals surface area contributed by atoms with E-state index in [0.717, 1.165) is 32.5 Å². The molecule has 3 aliphatic rings. The van der Waals surface area contributed by atoms with Crippen LogP contribution in [0.3, 0.4) is 0 Å². The van der Waals surface area contributed by atoms with Crippen molar-refractivity contribution in [1.82, 2.24) is 15.5 Å². The van der Waals surface area contributed by atoms with Gasteiger partial charge in [-0.15, -0.1) is 0 Å². The van der Waals surface area contributed by atoms with Crippen LogP contribution >= 0.6 is 0 Å². The summed E-state index contributed by atoms with van der Waals surface area (Å²) in [7, 11) is 0. The highest BCUT2D eigenvalue weighted by Gasteiger charge is 2.55. The van der Waals surface area contributed by atoms with Crippen molar-refractivity contribution in [3.8, 4) is 0 Å². The standard InChI is InChI=1S/C24H29N3O2/c28-23(24(29,19-11-12-19)18-9-5-2-6-10-18)26-16-25-22-20-14-27(15-21(20)22)13-17-7-3-1-4-8-17/h1-10,19-22,25,29H,11-16H2,(H,26,28)/t20-,21+,22?,24?. The third kappa shape index (κ3) is 3.70. The molecule has 2 aromatic rings. The summed E-state index contributed by atoms with van der Waals surface area (Å²) in [5, 5.41) is 17.6. The molecule has 1 amide bonds. The van der Waals surface area contributed by atoms with Gasteiger partial charge < -0.3 is 10.4 Å². The summed E-state index contributed by atoms with van der Waals surface area (Å²) in [5.41, 5.74) is 0.653. The lowest BCUT2D eigenvalue weighted by Gasteiger charge is -2.28. The number of carbonyl (C=O) groups excluding carboxylic acids is 1. The lowest BCUT2D eigenvalue weighted by atomic mass is 9.88. The summed E-state index contributed by atoms with van der Waals surface area (Å²) >= 11 is 0. The van der Waals surface area contributed by atoms with E-state index >= 15 is 0 Å². The second-order valence-electron chi connectivity index (χ2n) is 8.83. The lowest BCUT2D eigenvalue weighted by Crippen LogP contribution is -2.49. The molecule has 0 bridgehead atoms. The number of hydrogen-bond acceptors (Lipinski definition) is 4. The maximum Gasteiger partial charge on any atom is 0.257 e. The number of piperidine rings is 1. The number of fused-ring (bicyclic) bond motifs is 1. The quantitative estimate of drug-likeness (QED) is 0.603. The van der Waals surface area contributed by atoms with Gasteiger partial charge in [-0.3, -0.25) is 15.0 Å². The van der Waals surface area contributed by atoms with Crippen LogP contribution in [0.5, 0.6) is 0 Å². The molecule has 152 valence electrons. The second-order valence-corrected chi connectivity index (χ2v) is 8.83. The summed E-state index contributed by atoms with van der Waals surface area (Å²) in [6.07, 6.45) is 1.80. The molecule has 5 heteroatoms. The Labute approximate surface area is 172 Å². The van der Waals surface area contributed by atoms with E-state index < -0.39 is 5.60 Å². The molecule has 3 fully saturated rings. The van der Waals surface area contributed by atoms with Crippen molar-refractivity contribution in [1.29, 1.82) is 0 Å². The van der Waals surface area contributed by atoms with Crippen LogP contribution in [0.1, 0.15) is 24.0 Å². The van der Waals surface area contributed by atoms with Gasteiger partial charge in [0.05, 0.1) is 6.67 Å². The molecule has 2 saturated carbocycles. The molecule has 1 aliphatic heterocycles. The fourth-order valence-corrected chi connectivity index (χ4v) is 5.02. The van der Waals surface area contributed by atoms with E-state index in [1.807, 2.05) is 30.3 Å². The van der Waals surface area contributed by atoms with Gasteiger partial charge in [0.15, 0.2) is 5.60 Å². The summed E-state index contributed by atoms with van der Waals surface area (Å²) in [6, 6.07) is 20.4. The Morgan fingerprint density at radius 2 is 1.62 bits per heavy atom. The van der Waals surface area contributed by atoms with Crippen molar-refractivity contribution in [2.24, 2.45) is 17.8 Å². The van der Waals surface area contributed by atoms with Gasteiger partial charge in [-0.2, -0.15) is 0 Å². The minimum atomic E-state index is -1.41. The van der Waals surface area contributed by atoms with Crippen molar-refractivity contribution in [2.45, 2.75) is 31.0 Å². The summed E-state index contributed by atoms with van der Waals surface area (Å²) in [4.78, 5) is 15.4. The maximum absolute atomic E-state index is 12.8. The highest BCUT2D eigenvalue weighted by atomic mass is 16.3. The summed E-state index contributed by atoms with van der Waals surface area (Å²) in [6.45, 7) is 3.66. The molecule has 4 atom stereocenters. The SMILES string of the molecule is O=C(NCNC1[C@H]2CN(Cc3ccccc3)C[C@@H]12)C(O)(c1ccccc1)C1CC1. The molecule has 2 aromatic carbocycles. The molecular formula is C24H29N3O2. The van der Waals surface area contributed by atoms with Crippen LogP contribution in [0.2, 0.25) is 0 Å². The van der Waals surface area contributed by atoms with Gasteiger partial charge in [0, 0.05) is 31.6 Å². The van der Waals surface area contributed by atoms with Gasteiger partial charge in [-0.1, -0.05) is 60.7 Å². The van der Waals surface area contributed by atoms with Crippen LogP contribution < -0.4 is 10.6 Å². The van der Waals surface area contributed by atoms with E-state index in [1.165, 1.54) is 5.56 Å². The second kappa shape index (κ2) is 7.56. The zero-order valence-electron chi connectivity index (χ0n) is 16.6. The van der Waals surface area contributed by atoms with Crippen molar-refractivity contribution in [2.75, 3.05) is 19.8 Å². The number of rotatable bonds is 8. The topological polar surface area (TPSA) is 64.6 Å². The first-order valence-corrected chi connectivity index (χ1v) is 10.7. The number of benzene rings is 2. The third-order valence-corrected chi connectivity index (χ3v) is 6.83. The van der Waals surface area contributed by atoms with Crippen LogP contribution in [0.15, 0.2) is 60.7 Å². The van der Waals surface area contributed by atoms with Gasteiger partial charge in [0.25, 0.3) is 5.91 Å². The van der Waals surface area contributed by atoms with Gasteiger partial charge in [0.1, 0.15) is 0 Å². The molecule has 0 radical (unpaired) electrons. The number of nitrogens with one attached hydrogen (secondary N) is 2. The van der Waals surface area contributed by atoms with Crippen LogP contribution in [-0.4, -0.2) is 41.7 Å². The molecule has 1 saturated heterocycles. The molecule has 1 heterocycles. The van der Waals surface area contributed by atoms with Gasteiger partial charge in [0.2, 0.25) is 0 Å². The Balaban J connectivity index is 1.09. The van der Waals surface area contributed by atoms with E-state index in [4.69, 9.17) is 0 Å². The Bertz CT molecular complexity index is 843. The monoisotopic (exact) mass is 391 g/mol. The fraction of sp³-hybridized carbons (Fsp3) is 0.458. The Morgan fingerprint density at radius 1 is 1.00 bits per heavy atom. The first kappa shape index (κ1) is 18.8. The minimum Gasteiger partial charge on any atom is -0.375 e. The Morgan fingerprint density at radius 3 is 2.24 bits per heavy atom. The number of likely N-dealkylation sites (tertiary alicyclic amines) is 1. The molecular weight excluding hydrogens is 362 g/mol. The lowest BCUT2D eigenvalue weighted by molar-refractivity contribution is -0.143. The van der Waals surface area contributed by atoms with E-state index in [1.54, 1.807) is 0 Å². The first-order valence-electron chi connectivity index (χ1n) is 10.7. The number of amides is 1. The maximum atomic E-state index is 12.8. The predicted molar refractivity (Wildman–Crippen MR) is 112 cm³/mol. The van der Waals surface area contributed by atoms with E-state index in [0.29, 0.717) is 30.1 Å². The molecule has 3 N–H and O–H groups in total. The highest BCUT2D eigenvalue weighted by Crippen LogP contribution is 2.47. The average Bonchev–Trinajstić information content (AvgIpc) is 3.67. The number of aliphatic hydroxyl groups is 1. The largest absolute Gasteiger partial charge is 0.375 e. The molecule has 5 nitrogen and oxygen atoms in total. The molecule has 2 unspecified atom stereocenters. The zero-order chi connectivity index (χ0) is 19.8. The molecule has 0 spiro atoms. The minimum absolute atomic E-state index is 0.0248. The predicted octanol–water partition coefficient (Wildman–Crippen LogP) is 2.08. The Kier molecular flexibility index (Phi) is 4.90. The molecule has 29 heavy (non-hydrogen) atoms. The number of carbonyl (C=O) groups is 1. The number of hydrogen-bond donors (Lipinski definition) is 3. The highest BCUT2D eigenvalue weighted by molar-refractivity contribution is 5.87. The number of nitrogens with zero attached hydrogens (tertiary/aromatic N) is 1. The van der Waals surface area contributed by atoms with Crippen molar-refractivity contribution in [3.63, 3.8) is 0 Å². The van der Waals surface area contributed by atoms with E-state index in [2.05, 4.69) is 45.9 Å². The summed E-state index contributed by atoms with van der Waals surface area (Å²) < 4.78 is 0. The molecule has 2 aliphatic carbocycles. The normalized spacial score (nSPS) is 27.8. The van der Waals surface area contributed by atoms with E-state index in [-0.39, 0.29) is 11.8 Å². The average molecular weight is 392 g/mol. The molecule has 0 aromatic heterocycles. The van der Waals surface area contributed by atoms with Crippen LogP contribution in [0.4, 0.5) is 0 Å². The first-order chi connectivity index (χ1) is 14.2. The summed E-state index contributed by atoms with van der Waals surface area (Å²) in [5.74, 6) is 1.09. The van der Waals surface area contributed by atoms with Crippen LogP contribution in [0, 0.1) is 17.8 Å². The van der Waals surface area contributed by atoms with Crippen molar-refractivity contribution < 1.29 is 9.90 Å². The smallest absolute Gasteiger partial charge is 0.257 e. The van der Waals surface area contributed by atoms with Crippen LogP contribution in [-0.2, 0) is 16.9 Å². The van der Waals surface area contributed by atoms with Gasteiger partial charge in [-0.05, 0) is 35.8 Å². The molecule has 5 rings (SSSR count). The van der Waals surface area contributed by atoms with Gasteiger partial charge >= 0.3 is 0 Å². The van der Waals surface area contributed by atoms with Gasteiger partial charge in [-0.25, -0.2) is 0 Å². The zero-order valence-corrected chi connectivity index (χ0v) is 16.6. The van der Waals surface area contributed by atoms with E-state index in [9.17, 15) is 9.90 Å². The van der Waals surface area contributed by atoms with Crippen molar-refractivity contribution in [3.05, 3.63) is 71.8 Å². The Hall–Kier alpha value is -2.21. The van der Waals surface area contributed by atoms with Crippen LogP contribution in [0.25, 0.3) is 0 Å². The fourth-order valence-electron chi connectivity index (χ4n) is 5.02. The third-order valence-electron chi connectivity index (χ3n) is 6.83.